The number of aliphatic carboxylic acids is 1. The van der Waals surface area contributed by atoms with E-state index >= 15 is 0 Å². The lowest BCUT2D eigenvalue weighted by molar-refractivity contribution is -0.161. The van der Waals surface area contributed by atoms with Crippen molar-refractivity contribution in [3.8, 4) is 11.1 Å². The van der Waals surface area contributed by atoms with Gasteiger partial charge in [0.25, 0.3) is 0 Å². The van der Waals surface area contributed by atoms with Gasteiger partial charge in [0.15, 0.2) is 0 Å². The molecule has 2 heterocycles. The maximum atomic E-state index is 13.0. The van der Waals surface area contributed by atoms with Crippen LogP contribution < -0.4 is 5.73 Å². The highest BCUT2D eigenvalue weighted by atomic mass is 16.5. The zero-order chi connectivity index (χ0) is 22.3. The first-order valence-corrected chi connectivity index (χ1v) is 10.3. The number of carbonyl (C=O) groups excluding carboxylic acids is 1. The third-order valence-corrected chi connectivity index (χ3v) is 6.07. The number of nitrogens with zero attached hydrogens (tertiary/aromatic N) is 1. The number of aromatic amines is 1. The average Bonchev–Trinajstić information content (AvgIpc) is 3.36. The summed E-state index contributed by atoms with van der Waals surface area (Å²) in [4.78, 5) is 32.3. The molecule has 4 N–H and O–H groups in total. The maximum Gasteiger partial charge on any atom is 0.338 e. The summed E-state index contributed by atoms with van der Waals surface area (Å²) in [6.45, 7) is 0.00518. The van der Waals surface area contributed by atoms with Crippen LogP contribution in [0, 0.1) is 0 Å². The molecule has 0 saturated carbocycles. The Kier molecular flexibility index (Phi) is 4.75. The third kappa shape index (κ3) is 3.14. The Morgan fingerprint density at radius 3 is 2.34 bits per heavy atom. The molecule has 0 aliphatic heterocycles. The topological polar surface area (TPSA) is 118 Å². The van der Waals surface area contributed by atoms with E-state index in [1.165, 1.54) is 0 Å². The van der Waals surface area contributed by atoms with Crippen LogP contribution in [0.25, 0.3) is 22.2 Å². The molecule has 2 aromatic carbocycles. The summed E-state index contributed by atoms with van der Waals surface area (Å²) in [6.07, 6.45) is 2.99. The van der Waals surface area contributed by atoms with Gasteiger partial charge in [-0.05, 0) is 39.9 Å². The van der Waals surface area contributed by atoms with Crippen molar-refractivity contribution < 1.29 is 19.4 Å². The van der Waals surface area contributed by atoms with Gasteiger partial charge in [0.1, 0.15) is 6.61 Å². The molecule has 32 heavy (non-hydrogen) atoms. The number of pyridine rings is 1. The van der Waals surface area contributed by atoms with Crippen LogP contribution in [-0.2, 0) is 20.7 Å². The Bertz CT molecular complexity index is 1300. The molecule has 1 aliphatic carbocycles. The Morgan fingerprint density at radius 2 is 1.69 bits per heavy atom. The molecule has 1 aliphatic rings. The third-order valence-electron chi connectivity index (χ3n) is 6.07. The number of hydrogen-bond donors (Lipinski definition) is 3. The molecule has 1 atom stereocenters. The lowest BCUT2D eigenvalue weighted by atomic mass is 9.92. The number of esters is 1. The van der Waals surface area contributed by atoms with Crippen LogP contribution in [0.15, 0.2) is 73.1 Å². The number of hydrogen-bond acceptors (Lipinski definition) is 5. The van der Waals surface area contributed by atoms with Crippen molar-refractivity contribution in [2.75, 3.05) is 6.61 Å². The van der Waals surface area contributed by atoms with Crippen LogP contribution in [-0.4, -0.2) is 39.2 Å². The van der Waals surface area contributed by atoms with Gasteiger partial charge in [0, 0.05) is 24.7 Å². The fraction of sp³-hybridized carbons (Fsp3) is 0.160. The highest BCUT2D eigenvalue weighted by Gasteiger charge is 2.45. The van der Waals surface area contributed by atoms with Crippen LogP contribution in [0.1, 0.15) is 22.6 Å². The standard InChI is InChI=1S/C25H21N3O4/c26-25(23(29)30,12-15-13-28-21-10-5-11-27-22(15)21)24(31)32-14-20-18-8-3-1-6-16(18)17-7-2-4-9-19(17)20/h1-11,13,20,28H,12,14,26H2,(H,29,30)/t25-/m0/s1. The fourth-order valence-electron chi connectivity index (χ4n) is 4.41. The van der Waals surface area contributed by atoms with E-state index in [9.17, 15) is 14.7 Å². The minimum atomic E-state index is -2.23. The second kappa shape index (κ2) is 7.62. The first kappa shape index (κ1) is 20.0. The largest absolute Gasteiger partial charge is 0.479 e. The van der Waals surface area contributed by atoms with Crippen LogP contribution in [0.4, 0.5) is 0 Å². The Labute approximate surface area is 183 Å². The number of fused-ring (bicyclic) bond motifs is 4. The number of ether oxygens (including phenoxy) is 1. The second-order valence-corrected chi connectivity index (χ2v) is 7.99. The highest BCUT2D eigenvalue weighted by Crippen LogP contribution is 2.44. The number of nitrogens with one attached hydrogen (secondary N) is 1. The zero-order valence-corrected chi connectivity index (χ0v) is 17.1. The van der Waals surface area contributed by atoms with Crippen molar-refractivity contribution in [2.24, 2.45) is 5.73 Å². The monoisotopic (exact) mass is 427 g/mol. The minimum Gasteiger partial charge on any atom is -0.479 e. The number of nitrogens with two attached hydrogens (primary N) is 1. The first-order valence-electron chi connectivity index (χ1n) is 10.3. The van der Waals surface area contributed by atoms with E-state index < -0.39 is 17.5 Å². The lowest BCUT2D eigenvalue weighted by Gasteiger charge is -2.24. The number of carboxylic acids is 1. The molecule has 5 rings (SSSR count). The Balaban J connectivity index is 1.40. The van der Waals surface area contributed by atoms with Crippen LogP contribution in [0.2, 0.25) is 0 Å². The van der Waals surface area contributed by atoms with Gasteiger partial charge in [-0.2, -0.15) is 0 Å². The van der Waals surface area contributed by atoms with Gasteiger partial charge >= 0.3 is 11.9 Å². The number of benzene rings is 2. The van der Waals surface area contributed by atoms with Crippen LogP contribution in [0.5, 0.6) is 0 Å². The Morgan fingerprint density at radius 1 is 1.03 bits per heavy atom. The number of rotatable bonds is 6. The van der Waals surface area contributed by atoms with E-state index in [1.807, 2.05) is 54.6 Å². The van der Waals surface area contributed by atoms with Crippen molar-refractivity contribution in [3.05, 3.63) is 89.7 Å². The lowest BCUT2D eigenvalue weighted by Crippen LogP contribution is -2.57. The van der Waals surface area contributed by atoms with Gasteiger partial charge < -0.3 is 20.6 Å². The quantitative estimate of drug-likeness (QED) is 0.321. The van der Waals surface area contributed by atoms with E-state index in [0.717, 1.165) is 27.8 Å². The zero-order valence-electron chi connectivity index (χ0n) is 17.1. The summed E-state index contributed by atoms with van der Waals surface area (Å²) in [7, 11) is 0. The predicted molar refractivity (Wildman–Crippen MR) is 119 cm³/mol. The Hall–Kier alpha value is -3.97. The van der Waals surface area contributed by atoms with Crippen molar-refractivity contribution in [1.29, 1.82) is 0 Å². The molecule has 2 aromatic heterocycles. The van der Waals surface area contributed by atoms with Gasteiger partial charge in [-0.15, -0.1) is 0 Å². The van der Waals surface area contributed by atoms with Crippen LogP contribution >= 0.6 is 0 Å². The molecule has 7 heteroatoms. The normalized spacial score (nSPS) is 14.5. The SMILES string of the molecule is N[C@@](Cc1c[nH]c2cccnc12)(C(=O)O)C(=O)OCC1c2ccccc2-c2ccccc21. The van der Waals surface area contributed by atoms with Crippen molar-refractivity contribution in [1.82, 2.24) is 9.97 Å². The maximum absolute atomic E-state index is 13.0. The summed E-state index contributed by atoms with van der Waals surface area (Å²) >= 11 is 0. The van der Waals surface area contributed by atoms with Crippen LogP contribution in [0.3, 0.4) is 0 Å². The molecular formula is C25H21N3O4. The second-order valence-electron chi connectivity index (χ2n) is 7.99. The fourth-order valence-corrected chi connectivity index (χ4v) is 4.41. The summed E-state index contributed by atoms with van der Waals surface area (Å²) < 4.78 is 5.55. The van der Waals surface area contributed by atoms with Crippen molar-refractivity contribution in [2.45, 2.75) is 17.9 Å². The van der Waals surface area contributed by atoms with Gasteiger partial charge in [-0.1, -0.05) is 48.5 Å². The molecule has 0 unspecified atom stereocenters. The molecule has 0 radical (unpaired) electrons. The number of carbonyl (C=O) groups is 2. The van der Waals surface area contributed by atoms with Crippen molar-refractivity contribution in [3.63, 3.8) is 0 Å². The molecule has 0 spiro atoms. The average molecular weight is 427 g/mol. The minimum absolute atomic E-state index is 0.00518. The first-order chi connectivity index (χ1) is 15.5. The highest BCUT2D eigenvalue weighted by molar-refractivity contribution is 6.04. The molecule has 0 bridgehead atoms. The van der Waals surface area contributed by atoms with E-state index in [4.69, 9.17) is 10.5 Å². The van der Waals surface area contributed by atoms with E-state index in [0.29, 0.717) is 11.1 Å². The van der Waals surface area contributed by atoms with Gasteiger partial charge in [-0.3, -0.25) is 4.98 Å². The van der Waals surface area contributed by atoms with Gasteiger partial charge in [-0.25, -0.2) is 9.59 Å². The number of aromatic nitrogens is 2. The summed E-state index contributed by atoms with van der Waals surface area (Å²) in [5.41, 5.74) is 10.0. The smallest absolute Gasteiger partial charge is 0.338 e. The molecule has 4 aromatic rings. The molecular weight excluding hydrogens is 406 g/mol. The van der Waals surface area contributed by atoms with E-state index in [2.05, 4.69) is 9.97 Å². The van der Waals surface area contributed by atoms with Gasteiger partial charge in [0.2, 0.25) is 5.54 Å². The molecule has 0 fully saturated rings. The number of H-pyrrole nitrogens is 1. The summed E-state index contributed by atoms with van der Waals surface area (Å²) in [5, 5.41) is 9.82. The molecule has 160 valence electrons. The van der Waals surface area contributed by atoms with Gasteiger partial charge in [0.05, 0.1) is 11.0 Å². The summed E-state index contributed by atoms with van der Waals surface area (Å²) in [6, 6.07) is 19.5. The van der Waals surface area contributed by atoms with Crippen molar-refractivity contribution >= 4 is 23.0 Å². The molecule has 0 amide bonds. The predicted octanol–water partition coefficient (Wildman–Crippen LogP) is 3.24. The molecule has 7 nitrogen and oxygen atoms in total. The molecule has 0 saturated heterocycles. The van der Waals surface area contributed by atoms with E-state index in [1.54, 1.807) is 18.5 Å². The number of carboxylic acid groups (broad SMARTS) is 1. The summed E-state index contributed by atoms with van der Waals surface area (Å²) in [5.74, 6) is -2.60. The van der Waals surface area contributed by atoms with E-state index in [-0.39, 0.29) is 18.9 Å².